The van der Waals surface area contributed by atoms with E-state index in [-0.39, 0.29) is 70.2 Å². The van der Waals surface area contributed by atoms with Crippen LogP contribution in [0.2, 0.25) is 5.02 Å². The van der Waals surface area contributed by atoms with Crippen molar-refractivity contribution in [2.24, 2.45) is 11.3 Å². The lowest BCUT2D eigenvalue weighted by atomic mass is 9.85. The number of aromatic nitrogens is 3. The van der Waals surface area contributed by atoms with Crippen LogP contribution in [0, 0.1) is 24.1 Å². The highest BCUT2D eigenvalue weighted by atomic mass is 35.5. The first-order valence-electron chi connectivity index (χ1n) is 29.1. The number of phenols is 1. The molecule has 20 heteroatoms. The number of rotatable bonds is 17. The molecule has 17 nitrogen and oxygen atoms in total. The summed E-state index contributed by atoms with van der Waals surface area (Å²) in [6.45, 7) is 24.4. The van der Waals surface area contributed by atoms with Gasteiger partial charge in [-0.15, -0.1) is 11.3 Å². The van der Waals surface area contributed by atoms with Crippen LogP contribution in [0.3, 0.4) is 0 Å². The van der Waals surface area contributed by atoms with E-state index in [1.165, 1.54) is 12.1 Å². The number of anilines is 1. The van der Waals surface area contributed by atoms with Crippen LogP contribution in [-0.4, -0.2) is 178 Å². The molecule has 3 N–H and O–H groups in total. The topological polar surface area (TPSA) is 180 Å². The summed E-state index contributed by atoms with van der Waals surface area (Å²) < 4.78 is 23.7. The summed E-state index contributed by atoms with van der Waals surface area (Å²) in [6.07, 6.45) is 4.29. The average molecular weight is 1170 g/mol. The molecule has 10 rings (SSSR count). The third-order valence-electron chi connectivity index (χ3n) is 16.9. The molecule has 83 heavy (non-hydrogen) atoms. The number of piperazine rings is 2. The Hall–Kier alpha value is -6.77. The summed E-state index contributed by atoms with van der Waals surface area (Å²) >= 11 is 8.57. The highest BCUT2D eigenvalue weighted by Crippen LogP contribution is 2.43. The number of aromatic hydroxyl groups is 1. The Morgan fingerprint density at radius 1 is 0.867 bits per heavy atom. The summed E-state index contributed by atoms with van der Waals surface area (Å²) in [6, 6.07) is 18.8. The third-order valence-corrected chi connectivity index (χ3v) is 18.2. The fraction of sp³-hybridized carbons (Fsp3) is 0.476. The number of hydrogen-bond acceptors (Lipinski definition) is 14. The number of thiazole rings is 1. The van der Waals surface area contributed by atoms with Crippen LogP contribution >= 0.6 is 22.9 Å². The van der Waals surface area contributed by atoms with Crippen LogP contribution in [0.25, 0.3) is 43.2 Å². The molecule has 4 aliphatic rings. The molecule has 4 fully saturated rings. The number of hydrogen-bond donors (Lipinski definition) is 3. The molecule has 0 spiro atoms. The smallest absolute Gasteiger partial charge is 0.319 e. The maximum Gasteiger partial charge on any atom is 0.319 e. The molecule has 0 aliphatic carbocycles. The van der Waals surface area contributed by atoms with Gasteiger partial charge in [0.2, 0.25) is 23.6 Å². The van der Waals surface area contributed by atoms with Gasteiger partial charge in [0.1, 0.15) is 35.3 Å². The maximum absolute atomic E-state index is 17.2. The summed E-state index contributed by atoms with van der Waals surface area (Å²) in [5.74, 6) is -0.457. The molecular formula is C63H77ClFN11O6S. The Morgan fingerprint density at radius 2 is 1.58 bits per heavy atom. The third kappa shape index (κ3) is 13.6. The average Bonchev–Trinajstić information content (AvgIpc) is 4.31. The Morgan fingerprint density at radius 3 is 2.27 bits per heavy atom. The molecule has 0 radical (unpaired) electrons. The van der Waals surface area contributed by atoms with E-state index in [2.05, 4.69) is 49.0 Å². The van der Waals surface area contributed by atoms with E-state index in [1.54, 1.807) is 33.3 Å². The lowest BCUT2D eigenvalue weighted by molar-refractivity contribution is -0.144. The van der Waals surface area contributed by atoms with Crippen LogP contribution in [-0.2, 0) is 19.2 Å². The Labute approximate surface area is 494 Å². The number of amides is 4. The van der Waals surface area contributed by atoms with Gasteiger partial charge in [0, 0.05) is 82.9 Å². The van der Waals surface area contributed by atoms with Gasteiger partial charge in [-0.1, -0.05) is 87.5 Å². The van der Waals surface area contributed by atoms with Gasteiger partial charge in [0.05, 0.1) is 33.7 Å². The number of nitrogens with zero attached hydrogens (tertiary/aromatic N) is 9. The van der Waals surface area contributed by atoms with Gasteiger partial charge >= 0.3 is 6.01 Å². The number of phenolic OH excluding ortho intramolecular Hbond substituents is 1. The number of carbonyl (C=O) groups excluding carboxylic acids is 4. The number of likely N-dealkylation sites (tertiary alicyclic amines) is 2. The molecule has 6 heterocycles. The van der Waals surface area contributed by atoms with E-state index in [1.807, 2.05) is 88.4 Å². The first kappa shape index (κ1) is 59.4. The monoisotopic (exact) mass is 1170 g/mol. The molecule has 4 aliphatic heterocycles. The van der Waals surface area contributed by atoms with Crippen molar-refractivity contribution in [3.63, 3.8) is 0 Å². The number of aryl methyl sites for hydroxylation is 1. The van der Waals surface area contributed by atoms with Crippen LogP contribution in [0.15, 0.2) is 84.9 Å². The van der Waals surface area contributed by atoms with Crippen LogP contribution in [0.5, 0.6) is 11.8 Å². The standard InChI is InChI=1S/C63H77ClFN11O6S/c1-8-53(79)74-28-30-75(31-29-74)59-49-34-50(64)54(48-33-46(77)32-45-12-9-10-13-47(45)48)55(65)56(49)69-62(70-59)82-39(2)35-71-22-19-42(20-23-71)36-72-24-26-73(27-25-72)37-52(78)68-58(63(5,6)7)61(81)76-21-11-14-51(76)60(80)67-40(3)43-15-17-44(18-16-43)57-41(4)66-38-83-57/h8-10,12-13,15-18,32-34,38-40,42,51,58,77H,1,11,14,19-31,35-37H2,2-7H3,(H,67,80)(H,68,78)/t39-,40+,51+,58-/m1/s1. The Balaban J connectivity index is 0.704. The lowest BCUT2D eigenvalue weighted by Gasteiger charge is -2.39. The van der Waals surface area contributed by atoms with Gasteiger partial charge in [-0.05, 0) is 123 Å². The van der Waals surface area contributed by atoms with Crippen molar-refractivity contribution in [2.75, 3.05) is 96.5 Å². The molecular weight excluding hydrogens is 1090 g/mol. The second kappa shape index (κ2) is 25.6. The molecule has 0 saturated carbocycles. The molecule has 4 atom stereocenters. The van der Waals surface area contributed by atoms with Gasteiger partial charge in [-0.2, -0.15) is 9.97 Å². The second-order valence-electron chi connectivity index (χ2n) is 23.9. The van der Waals surface area contributed by atoms with Crippen LogP contribution in [0.1, 0.15) is 77.6 Å². The minimum atomic E-state index is -0.795. The van der Waals surface area contributed by atoms with E-state index in [0.717, 1.165) is 91.1 Å². The number of carbonyl (C=O) groups is 4. The Bertz CT molecular complexity index is 3350. The van der Waals surface area contributed by atoms with Gasteiger partial charge < -0.3 is 40.1 Å². The van der Waals surface area contributed by atoms with Gasteiger partial charge in [0.15, 0.2) is 5.82 Å². The number of piperidine rings is 1. The lowest BCUT2D eigenvalue weighted by Crippen LogP contribution is -2.59. The number of halogens is 2. The fourth-order valence-electron chi connectivity index (χ4n) is 12.3. The second-order valence-corrected chi connectivity index (χ2v) is 25.2. The summed E-state index contributed by atoms with van der Waals surface area (Å²) in [4.78, 5) is 81.9. The quantitative estimate of drug-likeness (QED) is 0.0739. The molecule has 4 aromatic carbocycles. The van der Waals surface area contributed by atoms with Gasteiger partial charge in [-0.25, -0.2) is 9.37 Å². The zero-order valence-electron chi connectivity index (χ0n) is 48.5. The van der Waals surface area contributed by atoms with Crippen LogP contribution in [0.4, 0.5) is 10.2 Å². The highest BCUT2D eigenvalue weighted by Gasteiger charge is 2.42. The Kier molecular flexibility index (Phi) is 18.3. The zero-order valence-corrected chi connectivity index (χ0v) is 50.1. The van der Waals surface area contributed by atoms with Gasteiger partial charge in [0.25, 0.3) is 0 Å². The van der Waals surface area contributed by atoms with Gasteiger partial charge in [-0.3, -0.25) is 29.0 Å². The number of nitrogens with one attached hydrogen (secondary N) is 2. The van der Waals surface area contributed by atoms with Crippen molar-refractivity contribution in [2.45, 2.75) is 91.5 Å². The van der Waals surface area contributed by atoms with E-state index in [9.17, 15) is 24.3 Å². The molecule has 4 saturated heterocycles. The minimum absolute atomic E-state index is 0.0182. The minimum Gasteiger partial charge on any atom is -0.508 e. The van der Waals surface area contributed by atoms with E-state index in [4.69, 9.17) is 26.3 Å². The molecule has 0 bridgehead atoms. The normalized spacial score (nSPS) is 19.0. The molecule has 4 amide bonds. The SMILES string of the molecule is C=CC(=O)N1CCN(c2nc(O[C@H](C)CN3CCC(CN4CCN(CC(=O)N[C@H](C(=O)N5CCC[C@H]5C(=O)N[C@@H](C)c5ccc(-c6scnc6C)cc5)C(C)(C)C)CC4)CC3)nc3c(F)c(-c4cc(O)cc5ccccc45)c(Cl)cc23)CC1. The van der Waals surface area contributed by atoms with Crippen LogP contribution < -0.4 is 20.3 Å². The molecule has 6 aromatic rings. The van der Waals surface area contributed by atoms with E-state index >= 15 is 4.39 Å². The zero-order chi connectivity index (χ0) is 58.7. The van der Waals surface area contributed by atoms with E-state index < -0.39 is 23.3 Å². The highest BCUT2D eigenvalue weighted by molar-refractivity contribution is 7.13. The first-order chi connectivity index (χ1) is 39.8. The number of benzene rings is 4. The largest absolute Gasteiger partial charge is 0.508 e. The molecule has 2 aromatic heterocycles. The van der Waals surface area contributed by atoms with Crippen molar-refractivity contribution in [1.29, 1.82) is 0 Å². The molecule has 0 unspecified atom stereocenters. The van der Waals surface area contributed by atoms with Crippen molar-refractivity contribution in [3.05, 3.63) is 107 Å². The van der Waals surface area contributed by atoms with Crippen molar-refractivity contribution in [1.82, 2.24) is 50.1 Å². The summed E-state index contributed by atoms with van der Waals surface area (Å²) in [7, 11) is 0. The number of ether oxygens (including phenoxy) is 1. The summed E-state index contributed by atoms with van der Waals surface area (Å²) in [5.41, 5.74) is 4.90. The molecule has 440 valence electrons. The van der Waals surface area contributed by atoms with E-state index in [0.29, 0.717) is 74.8 Å². The van der Waals surface area contributed by atoms with Crippen molar-refractivity contribution < 1.29 is 33.4 Å². The predicted octanol–water partition coefficient (Wildman–Crippen LogP) is 8.71. The van der Waals surface area contributed by atoms with Crippen molar-refractivity contribution >= 4 is 74.1 Å². The maximum atomic E-state index is 17.2. The van der Waals surface area contributed by atoms with Crippen molar-refractivity contribution in [3.8, 4) is 33.3 Å². The predicted molar refractivity (Wildman–Crippen MR) is 325 cm³/mol. The fourth-order valence-corrected chi connectivity index (χ4v) is 13.4. The number of fused-ring (bicyclic) bond motifs is 2. The first-order valence-corrected chi connectivity index (χ1v) is 30.4. The summed E-state index contributed by atoms with van der Waals surface area (Å²) in [5, 5.41) is 19.0.